The predicted molar refractivity (Wildman–Crippen MR) is 133 cm³/mol. The van der Waals surface area contributed by atoms with E-state index in [9.17, 15) is 4.79 Å². The number of aromatic nitrogens is 4. The normalized spacial score (nSPS) is 11.0. The highest BCUT2D eigenvalue weighted by Crippen LogP contribution is 2.31. The van der Waals surface area contributed by atoms with Gasteiger partial charge in [0, 0.05) is 54.9 Å². The average molecular weight is 453 g/mol. The Hall–Kier alpha value is -4.46. The Balaban J connectivity index is 1.41. The minimum absolute atomic E-state index is 0.0452. The quantitative estimate of drug-likeness (QED) is 0.366. The van der Waals surface area contributed by atoms with Gasteiger partial charge in [0.15, 0.2) is 0 Å². The summed E-state index contributed by atoms with van der Waals surface area (Å²) in [7, 11) is 1.77. The van der Waals surface area contributed by atoms with Crippen LogP contribution in [0.1, 0.15) is 18.9 Å². The first-order valence-electron chi connectivity index (χ1n) is 11.0. The summed E-state index contributed by atoms with van der Waals surface area (Å²) in [5, 5.41) is 4.22. The second-order valence-electron chi connectivity index (χ2n) is 7.99. The van der Waals surface area contributed by atoms with Gasteiger partial charge < -0.3 is 19.4 Å². The van der Waals surface area contributed by atoms with Gasteiger partial charge in [0.25, 0.3) is 0 Å². The summed E-state index contributed by atoms with van der Waals surface area (Å²) in [6.07, 6.45) is 7.54. The van der Waals surface area contributed by atoms with Crippen molar-refractivity contribution >= 4 is 39.6 Å². The molecule has 8 nitrogen and oxygen atoms in total. The molecule has 0 fully saturated rings. The monoisotopic (exact) mass is 452 g/mol. The average Bonchev–Trinajstić information content (AvgIpc) is 3.33. The van der Waals surface area contributed by atoms with Crippen molar-refractivity contribution in [2.45, 2.75) is 20.3 Å². The van der Waals surface area contributed by atoms with Crippen LogP contribution in [0, 0.1) is 6.92 Å². The predicted octanol–water partition coefficient (Wildman–Crippen LogP) is 5.49. The summed E-state index contributed by atoms with van der Waals surface area (Å²) in [6, 6.07) is 15.4. The number of nitrogens with one attached hydrogen (secondary N) is 1. The van der Waals surface area contributed by atoms with E-state index in [1.54, 1.807) is 18.1 Å². The van der Waals surface area contributed by atoms with Gasteiger partial charge in [-0.2, -0.15) is 0 Å². The molecule has 0 aliphatic heterocycles. The number of hydrogen-bond acceptors (Lipinski definition) is 6. The molecule has 0 spiro atoms. The fourth-order valence-corrected chi connectivity index (χ4v) is 3.79. The van der Waals surface area contributed by atoms with E-state index in [1.165, 1.54) is 6.33 Å². The molecular formula is C26H24N6O2. The van der Waals surface area contributed by atoms with Crippen LogP contribution in [0.2, 0.25) is 0 Å². The van der Waals surface area contributed by atoms with E-state index in [0.29, 0.717) is 12.2 Å². The van der Waals surface area contributed by atoms with Crippen molar-refractivity contribution in [2.24, 2.45) is 0 Å². The van der Waals surface area contributed by atoms with Crippen LogP contribution in [0.4, 0.5) is 17.2 Å². The highest BCUT2D eigenvalue weighted by molar-refractivity contribution is 5.98. The van der Waals surface area contributed by atoms with Crippen molar-refractivity contribution in [3.63, 3.8) is 0 Å². The molecule has 3 aromatic heterocycles. The molecule has 3 heterocycles. The van der Waals surface area contributed by atoms with Crippen LogP contribution in [0.5, 0.6) is 11.5 Å². The summed E-state index contributed by atoms with van der Waals surface area (Å²) in [5.74, 6) is 2.20. The van der Waals surface area contributed by atoms with Crippen LogP contribution < -0.4 is 15.0 Å². The first-order chi connectivity index (χ1) is 16.5. The zero-order valence-corrected chi connectivity index (χ0v) is 19.2. The first kappa shape index (κ1) is 21.4. The highest BCUT2D eigenvalue weighted by atomic mass is 16.5. The van der Waals surface area contributed by atoms with Gasteiger partial charge in [0.05, 0.1) is 5.52 Å². The van der Waals surface area contributed by atoms with Crippen LogP contribution in [0.15, 0.2) is 73.4 Å². The number of rotatable bonds is 6. The molecule has 2 aromatic carbocycles. The standard InChI is InChI=1S/C26H24N6O2/c1-4-25(33)31(3)19-6-7-22-21(14-19)26(29-16-28-22)30-18-5-8-23(17(2)13-18)34-20-9-11-32-12-10-27-24(32)15-20/h5-16H,4H2,1-3H3,(H,28,29,30). The Kier molecular flexibility index (Phi) is 5.55. The Morgan fingerprint density at radius 2 is 1.94 bits per heavy atom. The van der Waals surface area contributed by atoms with Gasteiger partial charge in [-0.1, -0.05) is 6.92 Å². The summed E-state index contributed by atoms with van der Waals surface area (Å²) in [4.78, 5) is 26.9. The molecular weight excluding hydrogens is 428 g/mol. The van der Waals surface area contributed by atoms with Crippen LogP contribution in [-0.4, -0.2) is 32.3 Å². The Morgan fingerprint density at radius 1 is 1.06 bits per heavy atom. The third-order valence-corrected chi connectivity index (χ3v) is 5.72. The summed E-state index contributed by atoms with van der Waals surface area (Å²) >= 11 is 0. The van der Waals surface area contributed by atoms with Crippen molar-refractivity contribution in [3.8, 4) is 11.5 Å². The minimum Gasteiger partial charge on any atom is -0.457 e. The molecule has 170 valence electrons. The fourth-order valence-electron chi connectivity index (χ4n) is 3.79. The minimum atomic E-state index is 0.0452. The Morgan fingerprint density at radius 3 is 2.76 bits per heavy atom. The number of fused-ring (bicyclic) bond motifs is 2. The van der Waals surface area contributed by atoms with Crippen LogP contribution in [0.3, 0.4) is 0 Å². The van der Waals surface area contributed by atoms with E-state index in [2.05, 4.69) is 20.3 Å². The lowest BCUT2D eigenvalue weighted by atomic mass is 10.1. The lowest BCUT2D eigenvalue weighted by Crippen LogP contribution is -2.24. The summed E-state index contributed by atoms with van der Waals surface area (Å²) < 4.78 is 8.02. The van der Waals surface area contributed by atoms with E-state index < -0.39 is 0 Å². The Bertz CT molecular complexity index is 1510. The molecule has 1 N–H and O–H groups in total. The van der Waals surface area contributed by atoms with Crippen LogP contribution in [0.25, 0.3) is 16.6 Å². The molecule has 5 aromatic rings. The number of carbonyl (C=O) groups is 1. The molecule has 8 heteroatoms. The molecule has 34 heavy (non-hydrogen) atoms. The summed E-state index contributed by atoms with van der Waals surface area (Å²) in [6.45, 7) is 3.84. The first-order valence-corrected chi connectivity index (χ1v) is 11.0. The van der Waals surface area contributed by atoms with Gasteiger partial charge in [-0.15, -0.1) is 0 Å². The van der Waals surface area contributed by atoms with Crippen molar-refractivity contribution < 1.29 is 9.53 Å². The second kappa shape index (κ2) is 8.82. The number of benzene rings is 2. The number of carbonyl (C=O) groups excluding carboxylic acids is 1. The molecule has 0 unspecified atom stereocenters. The molecule has 5 rings (SSSR count). The lowest BCUT2D eigenvalue weighted by molar-refractivity contribution is -0.118. The van der Waals surface area contributed by atoms with Crippen molar-refractivity contribution in [2.75, 3.05) is 17.3 Å². The number of ether oxygens (including phenoxy) is 1. The maximum absolute atomic E-state index is 12.1. The van der Waals surface area contributed by atoms with E-state index in [1.807, 2.05) is 79.2 Å². The van der Waals surface area contributed by atoms with Crippen molar-refractivity contribution in [3.05, 3.63) is 79.0 Å². The fraction of sp³-hybridized carbons (Fsp3) is 0.154. The molecule has 0 saturated carbocycles. The zero-order valence-electron chi connectivity index (χ0n) is 19.2. The highest BCUT2D eigenvalue weighted by Gasteiger charge is 2.12. The van der Waals surface area contributed by atoms with Crippen LogP contribution in [-0.2, 0) is 4.79 Å². The molecule has 0 aliphatic carbocycles. The number of hydrogen-bond donors (Lipinski definition) is 1. The summed E-state index contributed by atoms with van der Waals surface area (Å²) in [5.41, 5.74) is 4.27. The Labute approximate surface area is 196 Å². The number of amides is 1. The van der Waals surface area contributed by atoms with Gasteiger partial charge in [0.2, 0.25) is 5.91 Å². The smallest absolute Gasteiger partial charge is 0.226 e. The van der Waals surface area contributed by atoms with Gasteiger partial charge in [-0.3, -0.25) is 4.79 Å². The third kappa shape index (κ3) is 4.13. The van der Waals surface area contributed by atoms with Crippen LogP contribution >= 0.6 is 0 Å². The van der Waals surface area contributed by atoms with E-state index in [4.69, 9.17) is 4.74 Å². The maximum atomic E-state index is 12.1. The molecule has 1 amide bonds. The van der Waals surface area contributed by atoms with E-state index >= 15 is 0 Å². The number of aryl methyl sites for hydroxylation is 1. The van der Waals surface area contributed by atoms with Gasteiger partial charge in [0.1, 0.15) is 29.3 Å². The topological polar surface area (TPSA) is 84.7 Å². The number of pyridine rings is 1. The molecule has 0 aliphatic rings. The molecule has 0 radical (unpaired) electrons. The molecule has 0 saturated heterocycles. The maximum Gasteiger partial charge on any atom is 0.226 e. The third-order valence-electron chi connectivity index (χ3n) is 5.72. The van der Waals surface area contributed by atoms with Crippen molar-refractivity contribution in [1.29, 1.82) is 0 Å². The van der Waals surface area contributed by atoms with Gasteiger partial charge in [-0.05, 0) is 55.0 Å². The number of imidazole rings is 1. The van der Waals surface area contributed by atoms with E-state index in [0.717, 1.165) is 45.0 Å². The SMILES string of the molecule is CCC(=O)N(C)c1ccc2ncnc(Nc3ccc(Oc4ccn5ccnc5c4)c(C)c3)c2c1. The van der Waals surface area contributed by atoms with Gasteiger partial charge in [-0.25, -0.2) is 15.0 Å². The van der Waals surface area contributed by atoms with E-state index in [-0.39, 0.29) is 5.91 Å². The number of anilines is 3. The largest absolute Gasteiger partial charge is 0.457 e. The molecule has 0 bridgehead atoms. The van der Waals surface area contributed by atoms with Crippen molar-refractivity contribution in [1.82, 2.24) is 19.4 Å². The second-order valence-corrected chi connectivity index (χ2v) is 7.99. The lowest BCUT2D eigenvalue weighted by Gasteiger charge is -2.18. The number of nitrogens with zero attached hydrogens (tertiary/aromatic N) is 5. The van der Waals surface area contributed by atoms with Gasteiger partial charge >= 0.3 is 0 Å². The molecule has 0 atom stereocenters. The zero-order chi connectivity index (χ0) is 23.7.